The van der Waals surface area contributed by atoms with E-state index in [0.29, 0.717) is 40.3 Å². The fourth-order valence-electron chi connectivity index (χ4n) is 4.27. The van der Waals surface area contributed by atoms with E-state index in [-0.39, 0.29) is 24.6 Å². The van der Waals surface area contributed by atoms with Crippen molar-refractivity contribution < 1.29 is 33.0 Å². The maximum Gasteiger partial charge on any atom is 0.344 e. The fraction of sp³-hybridized carbons (Fsp3) is 0.167. The minimum Gasteiger partial charge on any atom is -0.479 e. The van der Waals surface area contributed by atoms with Crippen LogP contribution in [0.15, 0.2) is 66.7 Å². The molecule has 0 bridgehead atoms. The van der Waals surface area contributed by atoms with Gasteiger partial charge in [0.2, 0.25) is 0 Å². The number of fused-ring (bicyclic) bond motifs is 1. The molecule has 1 atom stereocenters. The number of rotatable bonds is 11. The normalized spacial score (nSPS) is 11.7. The summed E-state index contributed by atoms with van der Waals surface area (Å²) in [6.45, 7) is 1.92. The van der Waals surface area contributed by atoms with Gasteiger partial charge in [0.1, 0.15) is 16.8 Å². The number of ether oxygens (including phenoxy) is 2. The van der Waals surface area contributed by atoms with Gasteiger partial charge in [-0.05, 0) is 71.1 Å². The van der Waals surface area contributed by atoms with Gasteiger partial charge in [-0.3, -0.25) is 4.79 Å². The van der Waals surface area contributed by atoms with E-state index in [2.05, 4.69) is 25.7 Å². The Morgan fingerprint density at radius 3 is 2.49 bits per heavy atom. The molecular formula is C30H26F2N6O5. The largest absolute Gasteiger partial charge is 0.479 e. The van der Waals surface area contributed by atoms with Crippen LogP contribution in [-0.4, -0.2) is 43.5 Å². The Morgan fingerprint density at radius 2 is 1.72 bits per heavy atom. The molecule has 0 aliphatic carbocycles. The topological polar surface area (TPSA) is 165 Å². The van der Waals surface area contributed by atoms with Gasteiger partial charge in [0.25, 0.3) is 17.7 Å². The molecule has 2 heterocycles. The molecule has 5 N–H and O–H groups in total. The molecule has 0 saturated heterocycles. The van der Waals surface area contributed by atoms with Crippen molar-refractivity contribution in [3.05, 3.63) is 95.1 Å². The number of aliphatic carboxylic acids is 1. The van der Waals surface area contributed by atoms with Gasteiger partial charge in [-0.1, -0.05) is 25.1 Å². The third-order valence-corrected chi connectivity index (χ3v) is 6.47. The molecule has 0 aliphatic rings. The predicted octanol–water partition coefficient (Wildman–Crippen LogP) is 4.72. The molecule has 220 valence electrons. The smallest absolute Gasteiger partial charge is 0.344 e. The van der Waals surface area contributed by atoms with Gasteiger partial charge in [-0.2, -0.15) is 20.4 Å². The van der Waals surface area contributed by atoms with Gasteiger partial charge in [-0.25, -0.2) is 13.6 Å². The number of benzene rings is 3. The first kappa shape index (κ1) is 29.1. The van der Waals surface area contributed by atoms with Gasteiger partial charge in [0.05, 0.1) is 0 Å². The van der Waals surface area contributed by atoms with Gasteiger partial charge in [0.15, 0.2) is 17.7 Å². The number of hydrogen-bond donors (Lipinski definition) is 4. The Labute approximate surface area is 243 Å². The Kier molecular flexibility index (Phi) is 8.53. The van der Waals surface area contributed by atoms with Crippen molar-refractivity contribution in [1.82, 2.24) is 25.7 Å². The number of amides is 1. The number of aromatic amines is 1. The summed E-state index contributed by atoms with van der Waals surface area (Å²) in [7, 11) is 0. The molecule has 11 nitrogen and oxygen atoms in total. The zero-order chi connectivity index (χ0) is 30.5. The number of carbonyl (C=O) groups excluding carboxylic acids is 1. The van der Waals surface area contributed by atoms with E-state index in [9.17, 15) is 23.5 Å². The minimum atomic E-state index is -1.39. The molecule has 0 aliphatic heterocycles. The van der Waals surface area contributed by atoms with E-state index in [0.717, 1.165) is 11.1 Å². The second-order valence-electron chi connectivity index (χ2n) is 9.50. The third-order valence-electron chi connectivity index (χ3n) is 6.47. The molecule has 0 saturated carbocycles. The van der Waals surface area contributed by atoms with E-state index in [1.54, 1.807) is 30.3 Å². The molecule has 13 heteroatoms. The molecule has 5 rings (SSSR count). The molecule has 3 aromatic carbocycles. The number of nitrogens with one attached hydrogen (secondary N) is 2. The third kappa shape index (κ3) is 6.73. The summed E-state index contributed by atoms with van der Waals surface area (Å²) in [5, 5.41) is 22.6. The predicted molar refractivity (Wildman–Crippen MR) is 151 cm³/mol. The highest BCUT2D eigenvalue weighted by Crippen LogP contribution is 2.32. The highest BCUT2D eigenvalue weighted by Gasteiger charge is 2.23. The zero-order valence-electron chi connectivity index (χ0n) is 22.8. The number of carboxylic acids is 1. The van der Waals surface area contributed by atoms with Crippen LogP contribution in [0.4, 0.5) is 8.78 Å². The summed E-state index contributed by atoms with van der Waals surface area (Å²) in [4.78, 5) is 28.0. The average molecular weight is 589 g/mol. The number of carbonyl (C=O) groups is 2. The highest BCUT2D eigenvalue weighted by atomic mass is 19.1. The lowest BCUT2D eigenvalue weighted by Crippen LogP contribution is -2.26. The average Bonchev–Trinajstić information content (AvgIpc) is 3.48. The van der Waals surface area contributed by atoms with Gasteiger partial charge in [-0.15, -0.1) is 0 Å². The highest BCUT2D eigenvalue weighted by molar-refractivity contribution is 5.97. The summed E-state index contributed by atoms with van der Waals surface area (Å²) in [5.41, 5.74) is 10.3. The minimum absolute atomic E-state index is 0.0233. The van der Waals surface area contributed by atoms with Crippen molar-refractivity contribution in [3.8, 4) is 28.6 Å². The summed E-state index contributed by atoms with van der Waals surface area (Å²) < 4.78 is 40.1. The Hall–Kier alpha value is -5.43. The summed E-state index contributed by atoms with van der Waals surface area (Å²) in [6.07, 6.45) is -1.37. The lowest BCUT2D eigenvalue weighted by atomic mass is 10.0. The molecule has 0 radical (unpaired) electrons. The molecule has 43 heavy (non-hydrogen) atoms. The van der Waals surface area contributed by atoms with Crippen LogP contribution in [0.3, 0.4) is 0 Å². The SMILES string of the molecule is CCC(Oc1nc(Oc2cc(CNC(=O)c3ccc4n[nH]nc4c3)cc(-c3cccc(CN)c3)c2)c(F)cc1F)C(=O)O. The number of pyridine rings is 1. The van der Waals surface area contributed by atoms with Gasteiger partial charge < -0.3 is 25.6 Å². The second kappa shape index (κ2) is 12.6. The first-order chi connectivity index (χ1) is 20.7. The van der Waals surface area contributed by atoms with Gasteiger partial charge >= 0.3 is 5.97 Å². The van der Waals surface area contributed by atoms with Crippen LogP contribution in [0, 0.1) is 11.6 Å². The molecule has 0 spiro atoms. The van der Waals surface area contributed by atoms with E-state index < -0.39 is 35.5 Å². The van der Waals surface area contributed by atoms with Crippen molar-refractivity contribution in [2.45, 2.75) is 32.5 Å². The van der Waals surface area contributed by atoms with Crippen molar-refractivity contribution in [2.24, 2.45) is 5.73 Å². The molecule has 5 aromatic rings. The van der Waals surface area contributed by atoms with E-state index in [1.165, 1.54) is 6.92 Å². The van der Waals surface area contributed by atoms with Crippen LogP contribution in [0.25, 0.3) is 22.2 Å². The Bertz CT molecular complexity index is 1810. The van der Waals surface area contributed by atoms with E-state index in [1.807, 2.05) is 30.3 Å². The van der Waals surface area contributed by atoms with Crippen molar-refractivity contribution in [1.29, 1.82) is 0 Å². The molecule has 1 amide bonds. The summed E-state index contributed by atoms with van der Waals surface area (Å²) in [6, 6.07) is 17.9. The van der Waals surface area contributed by atoms with Crippen molar-refractivity contribution >= 4 is 22.9 Å². The second-order valence-corrected chi connectivity index (χ2v) is 9.50. The lowest BCUT2D eigenvalue weighted by molar-refractivity contribution is -0.145. The van der Waals surface area contributed by atoms with Crippen LogP contribution in [0.1, 0.15) is 34.8 Å². The van der Waals surface area contributed by atoms with E-state index >= 15 is 0 Å². The first-order valence-corrected chi connectivity index (χ1v) is 13.2. The molecule has 0 fully saturated rings. The van der Waals surface area contributed by atoms with E-state index in [4.69, 9.17) is 15.2 Å². The standard InChI is InChI=1S/C30H26F2N6O5/c1-2-26(30(40)41)43-29-23(32)13-22(31)28(35-29)42-21-10-17(9-20(11-21)18-5-3-4-16(8-18)14-33)15-34-27(39)19-6-7-24-25(12-19)37-38-36-24/h3-13,26H,2,14-15,33H2,1H3,(H,34,39)(H,40,41)(H,36,37,38). The molecule has 1 unspecified atom stereocenters. The van der Waals surface area contributed by atoms with Gasteiger partial charge in [0, 0.05) is 24.7 Å². The zero-order valence-corrected chi connectivity index (χ0v) is 22.8. The fourth-order valence-corrected chi connectivity index (χ4v) is 4.27. The number of nitrogens with zero attached hydrogens (tertiary/aromatic N) is 3. The maximum atomic E-state index is 14.8. The number of H-pyrrole nitrogens is 1. The molecular weight excluding hydrogens is 562 g/mol. The number of halogens is 2. The quantitative estimate of drug-likeness (QED) is 0.171. The van der Waals surface area contributed by atoms with Crippen LogP contribution in [0.2, 0.25) is 0 Å². The maximum absolute atomic E-state index is 14.8. The Balaban J connectivity index is 1.45. The lowest BCUT2D eigenvalue weighted by Gasteiger charge is -2.15. The number of carboxylic acid groups (broad SMARTS) is 1. The molecule has 2 aromatic heterocycles. The summed E-state index contributed by atoms with van der Waals surface area (Å²) >= 11 is 0. The van der Waals surface area contributed by atoms with Crippen LogP contribution >= 0.6 is 0 Å². The number of nitrogens with two attached hydrogens (primary N) is 1. The van der Waals surface area contributed by atoms with Crippen molar-refractivity contribution in [3.63, 3.8) is 0 Å². The number of hydrogen-bond acceptors (Lipinski definition) is 8. The number of aromatic nitrogens is 4. The summed E-state index contributed by atoms with van der Waals surface area (Å²) in [5.74, 6) is -5.20. The van der Waals surface area contributed by atoms with Crippen molar-refractivity contribution in [2.75, 3.05) is 0 Å². The first-order valence-electron chi connectivity index (χ1n) is 13.2. The van der Waals surface area contributed by atoms with Crippen LogP contribution in [0.5, 0.6) is 17.5 Å². The van der Waals surface area contributed by atoms with Crippen LogP contribution < -0.4 is 20.5 Å². The Morgan fingerprint density at radius 1 is 0.953 bits per heavy atom. The van der Waals surface area contributed by atoms with Crippen LogP contribution in [-0.2, 0) is 17.9 Å². The monoisotopic (exact) mass is 588 g/mol.